The molecule has 0 spiro atoms. The number of hydrogen-bond acceptors (Lipinski definition) is 3. The molecule has 5 heteroatoms. The van der Waals surface area contributed by atoms with Gasteiger partial charge in [-0.15, -0.1) is 0 Å². The Balaban J connectivity index is -0.000000245. The molecular formula is C4H11NaO3Si. The molecule has 0 bridgehead atoms. The zero-order valence-corrected chi connectivity index (χ0v) is 9.14. The third-order valence-corrected chi connectivity index (χ3v) is 1.57. The molecule has 0 heterocycles. The molecular weight excluding hydrogens is 147 g/mol. The molecule has 0 saturated carbocycles. The van der Waals surface area contributed by atoms with Crippen molar-refractivity contribution in [2.45, 2.75) is 13.8 Å². The van der Waals surface area contributed by atoms with Gasteiger partial charge in [0.25, 0.3) is 0 Å². The maximum atomic E-state index is 10.4. The minimum atomic E-state index is -2.14. The van der Waals surface area contributed by atoms with Crippen LogP contribution < -0.4 is 29.6 Å². The first-order valence-electron chi connectivity index (χ1n) is 2.60. The second kappa shape index (κ2) is 8.62. The van der Waals surface area contributed by atoms with Crippen molar-refractivity contribution in [3.63, 3.8) is 0 Å². The van der Waals surface area contributed by atoms with E-state index in [2.05, 4.69) is 8.85 Å². The standard InChI is InChI=1S/C4H10O3Si.Na.H/c1-3-6-8(5)7-4-2;;/h3-4H2,1-2H3;;/q;+1;-1. The molecule has 0 aliphatic heterocycles. The predicted molar refractivity (Wildman–Crippen MR) is 30.8 cm³/mol. The van der Waals surface area contributed by atoms with Gasteiger partial charge in [0, 0.05) is 0 Å². The van der Waals surface area contributed by atoms with Gasteiger partial charge in [-0.2, -0.15) is 0 Å². The first-order valence-corrected chi connectivity index (χ1v) is 3.83. The van der Waals surface area contributed by atoms with Gasteiger partial charge in [0.05, 0.1) is 13.2 Å². The van der Waals surface area contributed by atoms with Gasteiger partial charge in [-0.3, -0.25) is 4.46 Å². The summed E-state index contributed by atoms with van der Waals surface area (Å²) in [6, 6.07) is 0. The van der Waals surface area contributed by atoms with E-state index < -0.39 is 9.17 Å². The summed E-state index contributed by atoms with van der Waals surface area (Å²) in [5.74, 6) is 0. The van der Waals surface area contributed by atoms with Crippen LogP contribution in [0.5, 0.6) is 0 Å². The van der Waals surface area contributed by atoms with E-state index in [0.29, 0.717) is 13.2 Å². The Hall–Kier alpha value is 0.617. The Bertz CT molecular complexity index is 74.9. The topological polar surface area (TPSA) is 35.5 Å². The van der Waals surface area contributed by atoms with Crippen LogP contribution in [0.4, 0.5) is 0 Å². The molecule has 0 unspecified atom stereocenters. The van der Waals surface area contributed by atoms with E-state index in [1.807, 2.05) is 0 Å². The SMILES string of the molecule is CCO[Si](=O)OCC.[H-].[Na+]. The van der Waals surface area contributed by atoms with Crippen molar-refractivity contribution in [3.05, 3.63) is 0 Å². The minimum Gasteiger partial charge on any atom is -1.00 e. The Morgan fingerprint density at radius 2 is 1.67 bits per heavy atom. The summed E-state index contributed by atoms with van der Waals surface area (Å²) < 4.78 is 19.6. The smallest absolute Gasteiger partial charge is 1.00 e. The van der Waals surface area contributed by atoms with Crippen molar-refractivity contribution >= 4 is 9.17 Å². The van der Waals surface area contributed by atoms with E-state index in [1.54, 1.807) is 13.8 Å². The fourth-order valence-electron chi connectivity index (χ4n) is 0.277. The van der Waals surface area contributed by atoms with Crippen LogP contribution in [0, 0.1) is 0 Å². The number of rotatable bonds is 4. The summed E-state index contributed by atoms with van der Waals surface area (Å²) in [4.78, 5) is 0. The van der Waals surface area contributed by atoms with Crippen LogP contribution in [-0.2, 0) is 13.3 Å². The fourth-order valence-corrected chi connectivity index (χ4v) is 0.832. The van der Waals surface area contributed by atoms with Gasteiger partial charge in [0.15, 0.2) is 0 Å². The van der Waals surface area contributed by atoms with Crippen molar-refractivity contribution in [1.82, 2.24) is 0 Å². The Morgan fingerprint density at radius 1 is 1.33 bits per heavy atom. The molecule has 0 aromatic heterocycles. The van der Waals surface area contributed by atoms with Gasteiger partial charge in [-0.25, -0.2) is 0 Å². The molecule has 9 heavy (non-hydrogen) atoms. The Morgan fingerprint density at radius 3 is 1.89 bits per heavy atom. The molecule has 0 aromatic rings. The normalized spacial score (nSPS) is 7.33. The maximum absolute atomic E-state index is 10.4. The maximum Gasteiger partial charge on any atom is 1.00 e. The molecule has 0 aromatic carbocycles. The van der Waals surface area contributed by atoms with Crippen molar-refractivity contribution in [2.75, 3.05) is 13.2 Å². The zero-order chi connectivity index (χ0) is 6.41. The van der Waals surface area contributed by atoms with Crippen LogP contribution in [0.1, 0.15) is 15.3 Å². The van der Waals surface area contributed by atoms with E-state index in [4.69, 9.17) is 0 Å². The van der Waals surface area contributed by atoms with Gasteiger partial charge >= 0.3 is 38.7 Å². The van der Waals surface area contributed by atoms with Crippen LogP contribution in [0.2, 0.25) is 0 Å². The van der Waals surface area contributed by atoms with Crippen molar-refractivity contribution in [2.24, 2.45) is 0 Å². The molecule has 0 N–H and O–H groups in total. The average Bonchev–Trinajstić information content (AvgIpc) is 1.68. The molecule has 0 rings (SSSR count). The van der Waals surface area contributed by atoms with Crippen LogP contribution in [-0.4, -0.2) is 22.4 Å². The van der Waals surface area contributed by atoms with Crippen molar-refractivity contribution in [1.29, 1.82) is 0 Å². The van der Waals surface area contributed by atoms with E-state index in [-0.39, 0.29) is 31.0 Å². The number of hydrogen-bond donors (Lipinski definition) is 0. The second-order valence-corrected chi connectivity index (χ2v) is 2.19. The first kappa shape index (κ1) is 12.3. The summed E-state index contributed by atoms with van der Waals surface area (Å²) in [7, 11) is -2.14. The molecule has 50 valence electrons. The van der Waals surface area contributed by atoms with E-state index in [1.165, 1.54) is 0 Å². The quantitative estimate of drug-likeness (QED) is 0.428. The van der Waals surface area contributed by atoms with Crippen molar-refractivity contribution in [3.8, 4) is 0 Å². The molecule has 0 aliphatic rings. The van der Waals surface area contributed by atoms with Crippen LogP contribution in [0.15, 0.2) is 0 Å². The third kappa shape index (κ3) is 8.62. The average molecular weight is 158 g/mol. The third-order valence-electron chi connectivity index (χ3n) is 0.524. The molecule has 0 aliphatic carbocycles. The van der Waals surface area contributed by atoms with E-state index in [0.717, 1.165) is 0 Å². The van der Waals surface area contributed by atoms with Gasteiger partial charge in [0.1, 0.15) is 0 Å². The monoisotopic (exact) mass is 158 g/mol. The van der Waals surface area contributed by atoms with Gasteiger partial charge in [-0.05, 0) is 13.8 Å². The second-order valence-electron chi connectivity index (χ2n) is 1.12. The van der Waals surface area contributed by atoms with Gasteiger partial charge in [-0.1, -0.05) is 0 Å². The molecule has 0 atom stereocenters. The summed E-state index contributed by atoms with van der Waals surface area (Å²) >= 11 is 0. The summed E-state index contributed by atoms with van der Waals surface area (Å²) in [6.45, 7) is 4.47. The summed E-state index contributed by atoms with van der Waals surface area (Å²) in [5.41, 5.74) is 0. The fraction of sp³-hybridized carbons (Fsp3) is 1.00. The van der Waals surface area contributed by atoms with Gasteiger partial charge < -0.3 is 10.3 Å². The summed E-state index contributed by atoms with van der Waals surface area (Å²) in [5, 5.41) is 0. The van der Waals surface area contributed by atoms with Crippen LogP contribution >= 0.6 is 0 Å². The summed E-state index contributed by atoms with van der Waals surface area (Å²) in [6.07, 6.45) is 0. The molecule has 0 saturated heterocycles. The predicted octanol–water partition coefficient (Wildman–Crippen LogP) is -2.41. The van der Waals surface area contributed by atoms with Crippen LogP contribution in [0.25, 0.3) is 0 Å². The van der Waals surface area contributed by atoms with E-state index in [9.17, 15) is 4.46 Å². The molecule has 3 nitrogen and oxygen atoms in total. The molecule has 0 fully saturated rings. The Labute approximate surface area is 80.4 Å². The largest absolute Gasteiger partial charge is 1.00 e. The Kier molecular flexibility index (Phi) is 11.8. The van der Waals surface area contributed by atoms with Gasteiger partial charge in [0.2, 0.25) is 0 Å². The van der Waals surface area contributed by atoms with E-state index >= 15 is 0 Å². The van der Waals surface area contributed by atoms with Crippen LogP contribution in [0.3, 0.4) is 0 Å². The molecule has 0 amide bonds. The minimum absolute atomic E-state index is 0. The van der Waals surface area contributed by atoms with Crippen molar-refractivity contribution < 1.29 is 44.3 Å². The first-order chi connectivity index (χ1) is 3.81. The zero-order valence-electron chi connectivity index (χ0n) is 7.14. The molecule has 0 radical (unpaired) electrons.